The van der Waals surface area contributed by atoms with Crippen LogP contribution in [0.3, 0.4) is 0 Å². The van der Waals surface area contributed by atoms with E-state index in [1.54, 1.807) is 0 Å². The monoisotopic (exact) mass is 335 g/mol. The molecule has 2 rings (SSSR count). The number of anilines is 1. The Morgan fingerprint density at radius 1 is 1.00 bits per heavy atom. The van der Waals surface area contributed by atoms with Crippen LogP contribution < -0.4 is 9.46 Å². The third-order valence-electron chi connectivity index (χ3n) is 2.55. The molecule has 1 N–H and O–H groups in total. The standard InChI is InChI=1S/C13H9F4NO3S/c14-9-6-5-8(7-10(9)15)22(19,20)18-11-3-1-2-4-12(11)21-13(16)17/h1-7,13,18H. The van der Waals surface area contributed by atoms with Gasteiger partial charge in [0, 0.05) is 0 Å². The number of halogens is 4. The van der Waals surface area contributed by atoms with Gasteiger partial charge in [0.15, 0.2) is 11.6 Å². The van der Waals surface area contributed by atoms with Crippen LogP contribution in [-0.2, 0) is 10.0 Å². The van der Waals surface area contributed by atoms with Crippen LogP contribution in [0.25, 0.3) is 0 Å². The van der Waals surface area contributed by atoms with Crippen molar-refractivity contribution in [1.29, 1.82) is 0 Å². The second-order valence-electron chi connectivity index (χ2n) is 4.06. The first-order valence-electron chi connectivity index (χ1n) is 5.81. The predicted molar refractivity (Wildman–Crippen MR) is 70.2 cm³/mol. The highest BCUT2D eigenvalue weighted by Crippen LogP contribution is 2.28. The molecule has 2 aromatic rings. The highest BCUT2D eigenvalue weighted by molar-refractivity contribution is 7.92. The number of hydrogen-bond acceptors (Lipinski definition) is 3. The van der Waals surface area contributed by atoms with Gasteiger partial charge in [0.1, 0.15) is 5.75 Å². The van der Waals surface area contributed by atoms with Gasteiger partial charge in [0.2, 0.25) is 0 Å². The predicted octanol–water partition coefficient (Wildman–Crippen LogP) is 3.37. The first-order chi connectivity index (χ1) is 10.3. The molecule has 0 unspecified atom stereocenters. The lowest BCUT2D eigenvalue weighted by Crippen LogP contribution is -2.15. The fourth-order valence-corrected chi connectivity index (χ4v) is 2.68. The molecule has 0 radical (unpaired) electrons. The number of ether oxygens (including phenoxy) is 1. The number of alkyl halides is 2. The molecule has 0 bridgehead atoms. The minimum absolute atomic E-state index is 0.257. The van der Waals surface area contributed by atoms with Crippen molar-refractivity contribution in [2.24, 2.45) is 0 Å². The molecule has 0 aromatic heterocycles. The van der Waals surface area contributed by atoms with E-state index in [9.17, 15) is 26.0 Å². The van der Waals surface area contributed by atoms with E-state index in [-0.39, 0.29) is 5.69 Å². The van der Waals surface area contributed by atoms with Crippen molar-refractivity contribution in [3.05, 3.63) is 54.1 Å². The Bertz CT molecular complexity index is 781. The average molecular weight is 335 g/mol. The third kappa shape index (κ3) is 3.67. The van der Waals surface area contributed by atoms with Gasteiger partial charge in [0.05, 0.1) is 10.6 Å². The molecular formula is C13H9F4NO3S. The van der Waals surface area contributed by atoms with Crippen molar-refractivity contribution >= 4 is 15.7 Å². The second kappa shape index (κ2) is 6.22. The van der Waals surface area contributed by atoms with E-state index in [0.717, 1.165) is 12.1 Å². The summed E-state index contributed by atoms with van der Waals surface area (Å²) >= 11 is 0. The molecular weight excluding hydrogens is 326 g/mol. The number of rotatable bonds is 5. The van der Waals surface area contributed by atoms with Crippen molar-refractivity contribution in [1.82, 2.24) is 0 Å². The summed E-state index contributed by atoms with van der Waals surface area (Å²) in [5, 5.41) is 0. The van der Waals surface area contributed by atoms with Gasteiger partial charge in [-0.2, -0.15) is 8.78 Å². The summed E-state index contributed by atoms with van der Waals surface area (Å²) in [7, 11) is -4.29. The van der Waals surface area contributed by atoms with Crippen molar-refractivity contribution < 1.29 is 30.7 Å². The van der Waals surface area contributed by atoms with Gasteiger partial charge >= 0.3 is 6.61 Å². The van der Waals surface area contributed by atoms with E-state index in [0.29, 0.717) is 12.1 Å². The van der Waals surface area contributed by atoms with Crippen LogP contribution in [0.4, 0.5) is 23.2 Å². The lowest BCUT2D eigenvalue weighted by Gasteiger charge is -2.13. The fourth-order valence-electron chi connectivity index (χ4n) is 1.60. The van der Waals surface area contributed by atoms with E-state index in [1.165, 1.54) is 18.2 Å². The molecule has 0 amide bonds. The Labute approximate surface area is 123 Å². The highest BCUT2D eigenvalue weighted by atomic mass is 32.2. The van der Waals surface area contributed by atoms with Crippen LogP contribution in [-0.4, -0.2) is 15.0 Å². The minimum atomic E-state index is -4.29. The van der Waals surface area contributed by atoms with E-state index in [1.807, 2.05) is 4.72 Å². The molecule has 4 nitrogen and oxygen atoms in total. The maximum absolute atomic E-state index is 13.1. The normalized spacial score (nSPS) is 11.5. The Kier molecular flexibility index (Phi) is 4.55. The van der Waals surface area contributed by atoms with Crippen molar-refractivity contribution in [2.75, 3.05) is 4.72 Å². The molecule has 9 heteroatoms. The SMILES string of the molecule is O=S(=O)(Nc1ccccc1OC(F)F)c1ccc(F)c(F)c1. The Morgan fingerprint density at radius 3 is 2.32 bits per heavy atom. The zero-order valence-electron chi connectivity index (χ0n) is 10.8. The van der Waals surface area contributed by atoms with Crippen molar-refractivity contribution in [3.8, 4) is 5.75 Å². The molecule has 22 heavy (non-hydrogen) atoms. The average Bonchev–Trinajstić information content (AvgIpc) is 2.43. The largest absolute Gasteiger partial charge is 0.433 e. The number of nitrogens with one attached hydrogen (secondary N) is 1. The first kappa shape index (κ1) is 16.1. The van der Waals surface area contributed by atoms with Crippen LogP contribution in [0.1, 0.15) is 0 Å². The number of benzene rings is 2. The van der Waals surface area contributed by atoms with Gasteiger partial charge in [-0.25, -0.2) is 17.2 Å². The van der Waals surface area contributed by atoms with Gasteiger partial charge in [0.25, 0.3) is 10.0 Å². The lowest BCUT2D eigenvalue weighted by atomic mass is 10.3. The molecule has 0 heterocycles. The van der Waals surface area contributed by atoms with Crippen LogP contribution >= 0.6 is 0 Å². The van der Waals surface area contributed by atoms with Gasteiger partial charge in [-0.3, -0.25) is 4.72 Å². The van der Waals surface area contributed by atoms with E-state index in [2.05, 4.69) is 4.74 Å². The van der Waals surface area contributed by atoms with Crippen LogP contribution in [0.15, 0.2) is 47.4 Å². The summed E-state index contributed by atoms with van der Waals surface area (Å²) < 4.78 is 80.7. The Balaban J connectivity index is 2.35. The Hall–Kier alpha value is -2.29. The first-order valence-corrected chi connectivity index (χ1v) is 7.29. The summed E-state index contributed by atoms with van der Waals surface area (Å²) in [4.78, 5) is -0.557. The fraction of sp³-hybridized carbons (Fsp3) is 0.0769. The third-order valence-corrected chi connectivity index (χ3v) is 3.91. The summed E-state index contributed by atoms with van der Waals surface area (Å²) in [6.45, 7) is -3.14. The summed E-state index contributed by atoms with van der Waals surface area (Å²) in [6.07, 6.45) is 0. The van der Waals surface area contributed by atoms with Gasteiger partial charge in [-0.15, -0.1) is 0 Å². The van der Waals surface area contributed by atoms with Crippen molar-refractivity contribution in [2.45, 2.75) is 11.5 Å². The van der Waals surface area contributed by atoms with Gasteiger partial charge < -0.3 is 4.74 Å². The van der Waals surface area contributed by atoms with Crippen LogP contribution in [0.5, 0.6) is 5.75 Å². The maximum atomic E-state index is 13.1. The van der Waals surface area contributed by atoms with E-state index >= 15 is 0 Å². The van der Waals surface area contributed by atoms with E-state index in [4.69, 9.17) is 0 Å². The summed E-state index contributed by atoms with van der Waals surface area (Å²) in [5.74, 6) is -2.95. The Morgan fingerprint density at radius 2 is 1.68 bits per heavy atom. The zero-order chi connectivity index (χ0) is 16.3. The number of hydrogen-bond donors (Lipinski definition) is 1. The summed E-state index contributed by atoms with van der Waals surface area (Å²) in [5.41, 5.74) is -0.257. The molecule has 0 saturated carbocycles. The van der Waals surface area contributed by atoms with Crippen LogP contribution in [0.2, 0.25) is 0 Å². The number of sulfonamides is 1. The quantitative estimate of drug-likeness (QED) is 0.853. The van der Waals surface area contributed by atoms with Crippen LogP contribution in [0, 0.1) is 11.6 Å². The molecule has 0 saturated heterocycles. The zero-order valence-corrected chi connectivity index (χ0v) is 11.6. The molecule has 0 aliphatic rings. The molecule has 0 spiro atoms. The molecule has 0 aliphatic carbocycles. The highest BCUT2D eigenvalue weighted by Gasteiger charge is 2.19. The maximum Gasteiger partial charge on any atom is 0.387 e. The van der Waals surface area contributed by atoms with Crippen molar-refractivity contribution in [3.63, 3.8) is 0 Å². The second-order valence-corrected chi connectivity index (χ2v) is 5.74. The van der Waals surface area contributed by atoms with Gasteiger partial charge in [-0.1, -0.05) is 12.1 Å². The number of para-hydroxylation sites is 2. The topological polar surface area (TPSA) is 55.4 Å². The van der Waals surface area contributed by atoms with E-state index < -0.39 is 38.9 Å². The molecule has 118 valence electrons. The molecule has 0 aliphatic heterocycles. The lowest BCUT2D eigenvalue weighted by molar-refractivity contribution is -0.0493. The smallest absolute Gasteiger partial charge is 0.387 e. The minimum Gasteiger partial charge on any atom is -0.433 e. The summed E-state index contributed by atoms with van der Waals surface area (Å²) in [6, 6.07) is 7.05. The molecule has 0 fully saturated rings. The van der Waals surface area contributed by atoms with Gasteiger partial charge in [-0.05, 0) is 30.3 Å². The molecule has 2 aromatic carbocycles. The molecule has 0 atom stereocenters.